The molecule has 0 aromatic carbocycles. The summed E-state index contributed by atoms with van der Waals surface area (Å²) in [5.41, 5.74) is 0.171. The monoisotopic (exact) mass is 249 g/mol. The third-order valence-electron chi connectivity index (χ3n) is 4.80. The van der Waals surface area contributed by atoms with Gasteiger partial charge in [0.2, 0.25) is 0 Å². The lowest BCUT2D eigenvalue weighted by molar-refractivity contribution is 0.0989. The van der Waals surface area contributed by atoms with Crippen molar-refractivity contribution in [3.8, 4) is 6.07 Å². The van der Waals surface area contributed by atoms with Crippen LogP contribution in [0, 0.1) is 16.7 Å². The first-order valence-electron chi connectivity index (χ1n) is 7.40. The summed E-state index contributed by atoms with van der Waals surface area (Å²) in [5, 5.41) is 12.9. The Kier molecular flexibility index (Phi) is 3.99. The molecule has 1 N–H and O–H groups in total. The van der Waals surface area contributed by atoms with Crippen LogP contribution in [0.5, 0.6) is 0 Å². The van der Waals surface area contributed by atoms with Crippen LogP contribution < -0.4 is 5.32 Å². The Morgan fingerprint density at radius 1 is 1.39 bits per heavy atom. The zero-order valence-electron chi connectivity index (χ0n) is 12.1. The van der Waals surface area contributed by atoms with E-state index in [1.54, 1.807) is 0 Å². The molecule has 0 aromatic heterocycles. The summed E-state index contributed by atoms with van der Waals surface area (Å²) in [7, 11) is 0. The van der Waals surface area contributed by atoms with Gasteiger partial charge in [-0.25, -0.2) is 0 Å². The number of nitriles is 1. The van der Waals surface area contributed by atoms with E-state index in [-0.39, 0.29) is 5.54 Å². The number of nitrogens with zero attached hydrogens (tertiary/aromatic N) is 2. The number of piperidine rings is 1. The molecule has 0 aromatic rings. The van der Waals surface area contributed by atoms with E-state index < -0.39 is 0 Å². The van der Waals surface area contributed by atoms with Gasteiger partial charge in [-0.3, -0.25) is 5.32 Å². The quantitative estimate of drug-likeness (QED) is 0.814. The molecule has 1 aliphatic carbocycles. The average Bonchev–Trinajstić information content (AvgIpc) is 3.16. The minimum atomic E-state index is -0.360. The normalized spacial score (nSPS) is 27.4. The van der Waals surface area contributed by atoms with Crippen molar-refractivity contribution in [2.75, 3.05) is 19.6 Å². The van der Waals surface area contributed by atoms with Gasteiger partial charge in [-0.15, -0.1) is 0 Å². The summed E-state index contributed by atoms with van der Waals surface area (Å²) in [5.74, 6) is 0. The van der Waals surface area contributed by atoms with Crippen LogP contribution in [0.3, 0.4) is 0 Å². The lowest BCUT2D eigenvalue weighted by Crippen LogP contribution is -2.53. The predicted molar refractivity (Wildman–Crippen MR) is 74.2 cm³/mol. The second-order valence-corrected chi connectivity index (χ2v) is 6.80. The highest BCUT2D eigenvalue weighted by atomic mass is 15.2. The second kappa shape index (κ2) is 5.19. The number of likely N-dealkylation sites (tertiary alicyclic amines) is 1. The fourth-order valence-electron chi connectivity index (χ4n) is 2.84. The Bertz CT molecular complexity index is 321. The van der Waals surface area contributed by atoms with Crippen LogP contribution in [0.1, 0.15) is 52.9 Å². The first-order valence-corrected chi connectivity index (χ1v) is 7.40. The largest absolute Gasteiger partial charge is 0.300 e. The molecule has 0 amide bonds. The number of nitrogens with one attached hydrogen (secondary N) is 1. The van der Waals surface area contributed by atoms with Gasteiger partial charge in [-0.2, -0.15) is 5.26 Å². The van der Waals surface area contributed by atoms with Crippen LogP contribution in [0.2, 0.25) is 0 Å². The Labute approximate surface area is 112 Å². The SMILES string of the molecule is CCC1(C)CCN(CC(C)(C#N)NC2CC2)CC1. The molecule has 0 spiro atoms. The fourth-order valence-corrected chi connectivity index (χ4v) is 2.84. The highest BCUT2D eigenvalue weighted by molar-refractivity contribution is 5.09. The van der Waals surface area contributed by atoms with Crippen molar-refractivity contribution in [2.24, 2.45) is 5.41 Å². The van der Waals surface area contributed by atoms with Crippen molar-refractivity contribution in [1.82, 2.24) is 10.2 Å². The molecule has 1 unspecified atom stereocenters. The Balaban J connectivity index is 1.84. The molecule has 18 heavy (non-hydrogen) atoms. The van der Waals surface area contributed by atoms with Gasteiger partial charge < -0.3 is 4.90 Å². The number of hydrogen-bond acceptors (Lipinski definition) is 3. The third kappa shape index (κ3) is 3.46. The molecule has 1 saturated heterocycles. The second-order valence-electron chi connectivity index (χ2n) is 6.80. The van der Waals surface area contributed by atoms with E-state index in [1.165, 1.54) is 32.1 Å². The van der Waals surface area contributed by atoms with Gasteiger partial charge in [0, 0.05) is 12.6 Å². The summed E-state index contributed by atoms with van der Waals surface area (Å²) in [6, 6.07) is 3.08. The molecule has 102 valence electrons. The molecule has 0 bridgehead atoms. The van der Waals surface area contributed by atoms with E-state index in [0.29, 0.717) is 11.5 Å². The Morgan fingerprint density at radius 2 is 2.00 bits per heavy atom. The van der Waals surface area contributed by atoms with Crippen molar-refractivity contribution < 1.29 is 0 Å². The Morgan fingerprint density at radius 3 is 2.44 bits per heavy atom. The van der Waals surface area contributed by atoms with E-state index in [2.05, 4.69) is 37.1 Å². The van der Waals surface area contributed by atoms with Crippen molar-refractivity contribution in [3.63, 3.8) is 0 Å². The van der Waals surface area contributed by atoms with Gasteiger partial charge in [0.05, 0.1) is 6.07 Å². The molecule has 1 aliphatic heterocycles. The van der Waals surface area contributed by atoms with Crippen LogP contribution in [0.15, 0.2) is 0 Å². The van der Waals surface area contributed by atoms with E-state index in [1.807, 2.05) is 0 Å². The number of hydrogen-bond donors (Lipinski definition) is 1. The van der Waals surface area contributed by atoms with Gasteiger partial charge in [-0.1, -0.05) is 20.3 Å². The molecule has 0 radical (unpaired) electrons. The van der Waals surface area contributed by atoms with Gasteiger partial charge in [0.25, 0.3) is 0 Å². The van der Waals surface area contributed by atoms with E-state index in [0.717, 1.165) is 19.6 Å². The van der Waals surface area contributed by atoms with Crippen molar-refractivity contribution in [1.29, 1.82) is 5.26 Å². The summed E-state index contributed by atoms with van der Waals surface area (Å²) in [6.07, 6.45) is 6.30. The van der Waals surface area contributed by atoms with Gasteiger partial charge in [0.1, 0.15) is 5.54 Å². The van der Waals surface area contributed by atoms with E-state index in [4.69, 9.17) is 0 Å². The van der Waals surface area contributed by atoms with Crippen LogP contribution in [-0.4, -0.2) is 36.1 Å². The van der Waals surface area contributed by atoms with Crippen LogP contribution >= 0.6 is 0 Å². The molecule has 1 saturated carbocycles. The molecular weight excluding hydrogens is 222 g/mol. The summed E-state index contributed by atoms with van der Waals surface area (Å²) >= 11 is 0. The van der Waals surface area contributed by atoms with Crippen molar-refractivity contribution in [3.05, 3.63) is 0 Å². The standard InChI is InChI=1S/C15H27N3/c1-4-14(2)7-9-18(10-8-14)12-15(3,11-16)17-13-5-6-13/h13,17H,4-10,12H2,1-3H3. The maximum absolute atomic E-state index is 9.40. The van der Waals surface area contributed by atoms with E-state index >= 15 is 0 Å². The summed E-state index contributed by atoms with van der Waals surface area (Å²) in [6.45, 7) is 9.92. The highest BCUT2D eigenvalue weighted by Crippen LogP contribution is 2.34. The molecule has 2 fully saturated rings. The van der Waals surface area contributed by atoms with Gasteiger partial charge >= 0.3 is 0 Å². The predicted octanol–water partition coefficient (Wildman–Crippen LogP) is 2.53. The summed E-state index contributed by atoms with van der Waals surface area (Å²) < 4.78 is 0. The fraction of sp³-hybridized carbons (Fsp3) is 0.933. The number of rotatable bonds is 5. The first kappa shape index (κ1) is 13.8. The van der Waals surface area contributed by atoms with Gasteiger partial charge in [-0.05, 0) is 51.1 Å². The van der Waals surface area contributed by atoms with E-state index in [9.17, 15) is 5.26 Å². The van der Waals surface area contributed by atoms with Gasteiger partial charge in [0.15, 0.2) is 0 Å². The lowest BCUT2D eigenvalue weighted by atomic mass is 9.78. The van der Waals surface area contributed by atoms with Crippen LogP contribution in [0.4, 0.5) is 0 Å². The summed E-state index contributed by atoms with van der Waals surface area (Å²) in [4.78, 5) is 2.47. The van der Waals surface area contributed by atoms with Crippen molar-refractivity contribution in [2.45, 2.75) is 64.5 Å². The molecule has 2 aliphatic rings. The molecule has 3 heteroatoms. The maximum atomic E-state index is 9.40. The van der Waals surface area contributed by atoms with Crippen molar-refractivity contribution >= 4 is 0 Å². The topological polar surface area (TPSA) is 39.1 Å². The zero-order valence-corrected chi connectivity index (χ0v) is 12.1. The smallest absolute Gasteiger partial charge is 0.116 e. The van der Waals surface area contributed by atoms with Crippen LogP contribution in [-0.2, 0) is 0 Å². The highest BCUT2D eigenvalue weighted by Gasteiger charge is 2.36. The molecule has 1 heterocycles. The average molecular weight is 249 g/mol. The lowest BCUT2D eigenvalue weighted by Gasteiger charge is -2.41. The minimum Gasteiger partial charge on any atom is -0.300 e. The van der Waals surface area contributed by atoms with Crippen LogP contribution in [0.25, 0.3) is 0 Å². The zero-order chi connectivity index (χ0) is 13.2. The first-order chi connectivity index (χ1) is 8.49. The molecule has 3 nitrogen and oxygen atoms in total. The molecule has 1 atom stereocenters. The minimum absolute atomic E-state index is 0.360. The Hall–Kier alpha value is -0.590. The molecular formula is C15H27N3. The molecule has 2 rings (SSSR count). The maximum Gasteiger partial charge on any atom is 0.116 e. The third-order valence-corrected chi connectivity index (χ3v) is 4.80.